The van der Waals surface area contributed by atoms with Gasteiger partial charge in [0.05, 0.1) is 22.5 Å². The first kappa shape index (κ1) is 26.3. The molecule has 5 rings (SSSR count). The number of hydrogen-bond donors (Lipinski definition) is 1. The molecular formula is C31H37F2N3S. The van der Waals surface area contributed by atoms with E-state index in [0.717, 1.165) is 83.3 Å². The number of nitrogens with zero attached hydrogens (tertiary/aromatic N) is 2. The Kier molecular flexibility index (Phi) is 8.21. The average molecular weight is 522 g/mol. The Morgan fingerprint density at radius 1 is 1.19 bits per heavy atom. The van der Waals surface area contributed by atoms with E-state index in [1.807, 2.05) is 18.3 Å². The second kappa shape index (κ2) is 11.6. The highest BCUT2D eigenvalue weighted by atomic mass is 32.2. The average Bonchev–Trinajstić information content (AvgIpc) is 3.65. The summed E-state index contributed by atoms with van der Waals surface area (Å²) in [6, 6.07) is 8.08. The second-order valence-corrected chi connectivity index (χ2v) is 11.9. The molecule has 0 spiro atoms. The summed E-state index contributed by atoms with van der Waals surface area (Å²) < 4.78 is 34.3. The molecule has 1 N–H and O–H groups in total. The summed E-state index contributed by atoms with van der Waals surface area (Å²) >= 11 is 1.43. The number of aromatic nitrogens is 2. The van der Waals surface area contributed by atoms with Crippen molar-refractivity contribution in [3.63, 3.8) is 0 Å². The van der Waals surface area contributed by atoms with E-state index in [0.29, 0.717) is 17.9 Å². The molecule has 2 aliphatic carbocycles. The van der Waals surface area contributed by atoms with Gasteiger partial charge in [-0.2, -0.15) is 0 Å². The quantitative estimate of drug-likeness (QED) is 0.214. The Morgan fingerprint density at radius 2 is 2.00 bits per heavy atom. The van der Waals surface area contributed by atoms with Crippen LogP contribution in [0.1, 0.15) is 95.2 Å². The molecule has 2 aromatic heterocycles. The summed E-state index contributed by atoms with van der Waals surface area (Å²) in [6.45, 7) is 5.94. The van der Waals surface area contributed by atoms with E-state index in [2.05, 4.69) is 48.0 Å². The zero-order valence-corrected chi connectivity index (χ0v) is 22.9. The van der Waals surface area contributed by atoms with Crippen LogP contribution in [0.15, 0.2) is 35.4 Å². The zero-order chi connectivity index (χ0) is 25.9. The normalized spacial score (nSPS) is 16.6. The van der Waals surface area contributed by atoms with Crippen LogP contribution >= 0.6 is 11.9 Å². The van der Waals surface area contributed by atoms with Gasteiger partial charge < -0.3 is 4.57 Å². The monoisotopic (exact) mass is 521 g/mol. The van der Waals surface area contributed by atoms with Gasteiger partial charge in [0.1, 0.15) is 12.5 Å². The predicted molar refractivity (Wildman–Crippen MR) is 150 cm³/mol. The molecule has 37 heavy (non-hydrogen) atoms. The first-order chi connectivity index (χ1) is 18.0. The van der Waals surface area contributed by atoms with Gasteiger partial charge in [-0.05, 0) is 98.6 Å². The third-order valence-electron chi connectivity index (χ3n) is 7.43. The van der Waals surface area contributed by atoms with Crippen LogP contribution in [0, 0.1) is 23.6 Å². The minimum Gasteiger partial charge on any atom is -0.335 e. The lowest BCUT2D eigenvalue weighted by molar-refractivity contribution is 0.324. The standard InChI is InChI=1S/C31H37F2N3S/c1-4-5-6-10-25-27-16-28(33)26(21-11-12-21)17-30(27)36(23-8-7-9-23)31(25)29-14-13-24(19-34-29)37-35-22(18-32)15-20(2)3/h13-14,16-17,19-23,35H,4-5,7-9,11-12,15,18H2,1-3H3. The van der Waals surface area contributed by atoms with Crippen LogP contribution in [-0.4, -0.2) is 22.3 Å². The van der Waals surface area contributed by atoms with Crippen molar-refractivity contribution in [1.82, 2.24) is 14.3 Å². The number of unbranched alkanes of at least 4 members (excludes halogenated alkanes) is 1. The number of alkyl halides is 1. The van der Waals surface area contributed by atoms with E-state index in [1.54, 1.807) is 6.07 Å². The van der Waals surface area contributed by atoms with E-state index < -0.39 is 6.67 Å². The number of halogens is 2. The van der Waals surface area contributed by atoms with Gasteiger partial charge in [-0.3, -0.25) is 9.71 Å². The van der Waals surface area contributed by atoms with Crippen LogP contribution < -0.4 is 4.72 Å². The van der Waals surface area contributed by atoms with Crippen molar-refractivity contribution in [3.8, 4) is 23.2 Å². The molecule has 1 aromatic carbocycles. The van der Waals surface area contributed by atoms with Crippen LogP contribution in [-0.2, 0) is 0 Å². The fourth-order valence-corrected chi connectivity index (χ4v) is 5.88. The Balaban J connectivity index is 1.55. The second-order valence-electron chi connectivity index (χ2n) is 11.0. The van der Waals surface area contributed by atoms with Crippen molar-refractivity contribution < 1.29 is 8.78 Å². The first-order valence-electron chi connectivity index (χ1n) is 13.8. The smallest absolute Gasteiger partial charge is 0.127 e. The lowest BCUT2D eigenvalue weighted by Crippen LogP contribution is -2.26. The Bertz CT molecular complexity index is 1290. The number of pyridine rings is 1. The minimum atomic E-state index is -0.391. The molecule has 0 bridgehead atoms. The highest BCUT2D eigenvalue weighted by Crippen LogP contribution is 2.46. The van der Waals surface area contributed by atoms with Crippen LogP contribution in [0.5, 0.6) is 0 Å². The molecule has 2 aliphatic rings. The van der Waals surface area contributed by atoms with Gasteiger partial charge >= 0.3 is 0 Å². The van der Waals surface area contributed by atoms with Crippen molar-refractivity contribution in [3.05, 3.63) is 47.4 Å². The van der Waals surface area contributed by atoms with Gasteiger partial charge in [0.25, 0.3) is 0 Å². The number of rotatable bonds is 10. The maximum atomic E-state index is 15.2. The number of benzene rings is 1. The van der Waals surface area contributed by atoms with E-state index in [4.69, 9.17) is 4.98 Å². The number of hydrogen-bond acceptors (Lipinski definition) is 3. The molecule has 2 fully saturated rings. The molecule has 1 atom stereocenters. The summed E-state index contributed by atoms with van der Waals surface area (Å²) in [5.74, 6) is 7.39. The van der Waals surface area contributed by atoms with Crippen LogP contribution in [0.2, 0.25) is 0 Å². The maximum absolute atomic E-state index is 15.2. The van der Waals surface area contributed by atoms with Gasteiger partial charge in [0, 0.05) is 35.0 Å². The van der Waals surface area contributed by atoms with Gasteiger partial charge in [0.2, 0.25) is 0 Å². The van der Waals surface area contributed by atoms with Crippen molar-refractivity contribution in [1.29, 1.82) is 0 Å². The van der Waals surface area contributed by atoms with Crippen molar-refractivity contribution >= 4 is 22.9 Å². The van der Waals surface area contributed by atoms with Gasteiger partial charge in [-0.25, -0.2) is 8.78 Å². The predicted octanol–water partition coefficient (Wildman–Crippen LogP) is 8.58. The molecule has 0 radical (unpaired) electrons. The summed E-state index contributed by atoms with van der Waals surface area (Å²) in [6.07, 6.45) is 10.00. The highest BCUT2D eigenvalue weighted by molar-refractivity contribution is 7.97. The molecule has 3 aromatic rings. The van der Waals surface area contributed by atoms with E-state index in [9.17, 15) is 4.39 Å². The lowest BCUT2D eigenvalue weighted by atomic mass is 9.92. The Hall–Kier alpha value is -2.36. The first-order valence-corrected chi connectivity index (χ1v) is 14.6. The molecular weight excluding hydrogens is 484 g/mol. The Labute approximate surface area is 224 Å². The van der Waals surface area contributed by atoms with Gasteiger partial charge in [-0.1, -0.05) is 32.6 Å². The molecule has 2 heterocycles. The van der Waals surface area contributed by atoms with Crippen molar-refractivity contribution in [2.75, 3.05) is 6.67 Å². The van der Waals surface area contributed by atoms with Crippen molar-refractivity contribution in [2.45, 2.75) is 95.0 Å². The molecule has 196 valence electrons. The summed E-state index contributed by atoms with van der Waals surface area (Å²) in [4.78, 5) is 5.80. The minimum absolute atomic E-state index is 0.111. The third kappa shape index (κ3) is 5.73. The third-order valence-corrected chi connectivity index (χ3v) is 8.36. The number of nitrogens with one attached hydrogen (secondary N) is 1. The van der Waals surface area contributed by atoms with Crippen LogP contribution in [0.3, 0.4) is 0 Å². The summed E-state index contributed by atoms with van der Waals surface area (Å²) in [5, 5.41) is 0.897. The van der Waals surface area contributed by atoms with E-state index >= 15 is 4.39 Å². The highest BCUT2D eigenvalue weighted by Gasteiger charge is 2.32. The topological polar surface area (TPSA) is 29.9 Å². The van der Waals surface area contributed by atoms with Crippen LogP contribution in [0.25, 0.3) is 22.3 Å². The fraction of sp³-hybridized carbons (Fsp3) is 0.516. The molecule has 3 nitrogen and oxygen atoms in total. The van der Waals surface area contributed by atoms with E-state index in [1.165, 1.54) is 18.4 Å². The molecule has 0 aliphatic heterocycles. The maximum Gasteiger partial charge on any atom is 0.127 e. The molecule has 1 unspecified atom stereocenters. The fourth-order valence-electron chi connectivity index (χ4n) is 5.18. The van der Waals surface area contributed by atoms with E-state index in [-0.39, 0.29) is 11.9 Å². The molecule has 0 amide bonds. The van der Waals surface area contributed by atoms with Gasteiger partial charge in [-0.15, -0.1) is 0 Å². The molecule has 0 saturated heterocycles. The van der Waals surface area contributed by atoms with Crippen molar-refractivity contribution in [2.24, 2.45) is 5.92 Å². The summed E-state index contributed by atoms with van der Waals surface area (Å²) in [5.41, 5.74) is 4.68. The number of fused-ring (bicyclic) bond motifs is 1. The van der Waals surface area contributed by atoms with Crippen LogP contribution in [0.4, 0.5) is 8.78 Å². The zero-order valence-electron chi connectivity index (χ0n) is 22.1. The largest absolute Gasteiger partial charge is 0.335 e. The van der Waals surface area contributed by atoms with Gasteiger partial charge in [0.15, 0.2) is 0 Å². The molecule has 6 heteroatoms. The Morgan fingerprint density at radius 3 is 2.59 bits per heavy atom. The molecule has 2 saturated carbocycles. The summed E-state index contributed by atoms with van der Waals surface area (Å²) in [7, 11) is 0. The SMILES string of the molecule is CCCC#Cc1c(-c2ccc(SNC(CF)CC(C)C)cn2)n(C2CCC2)c2cc(C3CC3)c(F)cc12. The lowest BCUT2D eigenvalue weighted by Gasteiger charge is -2.30.